The molecule has 0 aliphatic rings. The van der Waals surface area contributed by atoms with Crippen molar-refractivity contribution in [3.8, 4) is 0 Å². The van der Waals surface area contributed by atoms with Gasteiger partial charge in [0.1, 0.15) is 0 Å². The molecule has 0 bridgehead atoms. The summed E-state index contributed by atoms with van der Waals surface area (Å²) in [4.78, 5) is 14.4. The molecule has 0 spiro atoms. The van der Waals surface area contributed by atoms with Crippen LogP contribution < -0.4 is 5.32 Å². The van der Waals surface area contributed by atoms with E-state index in [1.165, 1.54) is 5.56 Å². The second-order valence-corrected chi connectivity index (χ2v) is 8.54. The van der Waals surface area contributed by atoms with E-state index in [2.05, 4.69) is 31.3 Å². The summed E-state index contributed by atoms with van der Waals surface area (Å²) in [6.07, 6.45) is 1.19. The Morgan fingerprint density at radius 3 is 2.28 bits per heavy atom. The Kier molecular flexibility index (Phi) is 8.43. The summed E-state index contributed by atoms with van der Waals surface area (Å²) in [6, 6.07) is 10.1. The molecular weight excluding hydrogens is 312 g/mol. The number of aliphatic hydroxyl groups excluding tert-OH is 1. The molecule has 0 aromatic heterocycles. The Bertz CT molecular complexity index is 508. The van der Waals surface area contributed by atoms with E-state index < -0.39 is 6.10 Å². The van der Waals surface area contributed by atoms with Gasteiger partial charge in [0.05, 0.1) is 6.10 Å². The summed E-state index contributed by atoms with van der Waals surface area (Å²) in [5.41, 5.74) is 0.926. The van der Waals surface area contributed by atoms with Crippen molar-refractivity contribution in [3.63, 3.8) is 0 Å². The summed E-state index contributed by atoms with van der Waals surface area (Å²) in [5, 5.41) is 13.7. The molecule has 2 N–H and O–H groups in total. The Hall–Kier alpha value is -1.55. The highest BCUT2D eigenvalue weighted by atomic mass is 16.3. The Labute approximate surface area is 153 Å². The lowest BCUT2D eigenvalue weighted by Gasteiger charge is -2.32. The third kappa shape index (κ3) is 8.92. The number of benzene rings is 1. The lowest BCUT2D eigenvalue weighted by atomic mass is 9.95. The van der Waals surface area contributed by atoms with Crippen LogP contribution in [0.1, 0.15) is 53.5 Å². The van der Waals surface area contributed by atoms with E-state index >= 15 is 0 Å². The second kappa shape index (κ2) is 9.81. The molecule has 0 heterocycles. The first kappa shape index (κ1) is 21.5. The summed E-state index contributed by atoms with van der Waals surface area (Å²) in [5.74, 6) is 0.607. The number of aliphatic hydroxyl groups is 1. The van der Waals surface area contributed by atoms with Gasteiger partial charge in [0.2, 0.25) is 0 Å². The number of carbonyl (C=O) groups excluding carboxylic acids is 1. The standard InChI is InChI=1S/C21H36N2O2/c1-16(2)12-13-23(20(25)22-21(4,5)6)15-19(24)17(3)14-18-10-8-7-9-11-18/h7-11,16-17,19,24H,12-15H2,1-6H3,(H,22,25). The largest absolute Gasteiger partial charge is 0.391 e. The van der Waals surface area contributed by atoms with Crippen LogP contribution in [-0.4, -0.2) is 40.8 Å². The molecule has 142 valence electrons. The van der Waals surface area contributed by atoms with Crippen LogP contribution in [0.15, 0.2) is 30.3 Å². The molecule has 0 saturated carbocycles. The second-order valence-electron chi connectivity index (χ2n) is 8.54. The fraction of sp³-hybridized carbons (Fsp3) is 0.667. The molecule has 4 nitrogen and oxygen atoms in total. The van der Waals surface area contributed by atoms with Gasteiger partial charge in [0, 0.05) is 18.6 Å². The third-order valence-electron chi connectivity index (χ3n) is 4.21. The van der Waals surface area contributed by atoms with Crippen molar-refractivity contribution in [2.24, 2.45) is 11.8 Å². The first-order chi connectivity index (χ1) is 11.6. The molecule has 1 rings (SSSR count). The average molecular weight is 349 g/mol. The van der Waals surface area contributed by atoms with Crippen LogP contribution in [0, 0.1) is 11.8 Å². The van der Waals surface area contributed by atoms with E-state index in [1.807, 2.05) is 45.9 Å². The first-order valence-corrected chi connectivity index (χ1v) is 9.37. The lowest BCUT2D eigenvalue weighted by molar-refractivity contribution is 0.0767. The lowest BCUT2D eigenvalue weighted by Crippen LogP contribution is -2.51. The molecule has 0 fully saturated rings. The molecule has 0 aliphatic heterocycles. The minimum absolute atomic E-state index is 0.0892. The monoisotopic (exact) mass is 348 g/mol. The van der Waals surface area contributed by atoms with Crippen molar-refractivity contribution in [1.29, 1.82) is 0 Å². The van der Waals surface area contributed by atoms with Crippen molar-refractivity contribution in [1.82, 2.24) is 10.2 Å². The molecule has 1 aromatic rings. The maximum Gasteiger partial charge on any atom is 0.317 e. The highest BCUT2D eigenvalue weighted by Crippen LogP contribution is 2.15. The van der Waals surface area contributed by atoms with E-state index in [-0.39, 0.29) is 17.5 Å². The highest BCUT2D eigenvalue weighted by molar-refractivity contribution is 5.75. The molecular formula is C21H36N2O2. The SMILES string of the molecule is CC(C)CCN(CC(O)C(C)Cc1ccccc1)C(=O)NC(C)(C)C. The zero-order valence-electron chi connectivity index (χ0n) is 16.7. The highest BCUT2D eigenvalue weighted by Gasteiger charge is 2.24. The van der Waals surface area contributed by atoms with Crippen LogP contribution in [0.3, 0.4) is 0 Å². The molecule has 0 aliphatic carbocycles. The van der Waals surface area contributed by atoms with Crippen molar-refractivity contribution in [2.75, 3.05) is 13.1 Å². The van der Waals surface area contributed by atoms with Crippen LogP contribution in [0.25, 0.3) is 0 Å². The Morgan fingerprint density at radius 1 is 1.16 bits per heavy atom. The van der Waals surface area contributed by atoms with Gasteiger partial charge < -0.3 is 15.3 Å². The van der Waals surface area contributed by atoms with Gasteiger partial charge in [-0.25, -0.2) is 4.79 Å². The van der Waals surface area contributed by atoms with E-state index in [4.69, 9.17) is 0 Å². The van der Waals surface area contributed by atoms with E-state index in [0.29, 0.717) is 19.0 Å². The van der Waals surface area contributed by atoms with Gasteiger partial charge in [-0.3, -0.25) is 0 Å². The van der Waals surface area contributed by atoms with Crippen LogP contribution >= 0.6 is 0 Å². The van der Waals surface area contributed by atoms with Gasteiger partial charge in [0.25, 0.3) is 0 Å². The molecule has 0 radical (unpaired) electrons. The molecule has 4 heteroatoms. The van der Waals surface area contributed by atoms with Crippen LogP contribution in [-0.2, 0) is 6.42 Å². The number of nitrogens with one attached hydrogen (secondary N) is 1. The number of nitrogens with zero attached hydrogens (tertiary/aromatic N) is 1. The number of hydrogen-bond donors (Lipinski definition) is 2. The maximum atomic E-state index is 12.6. The molecule has 2 unspecified atom stereocenters. The summed E-state index contributed by atoms with van der Waals surface area (Å²) >= 11 is 0. The summed E-state index contributed by atoms with van der Waals surface area (Å²) in [7, 11) is 0. The number of urea groups is 1. The maximum absolute atomic E-state index is 12.6. The van der Waals surface area contributed by atoms with Crippen molar-refractivity contribution < 1.29 is 9.90 Å². The molecule has 25 heavy (non-hydrogen) atoms. The fourth-order valence-electron chi connectivity index (χ4n) is 2.62. The Balaban J connectivity index is 2.68. The van der Waals surface area contributed by atoms with Gasteiger partial charge in [0.15, 0.2) is 0 Å². The fourth-order valence-corrected chi connectivity index (χ4v) is 2.62. The van der Waals surface area contributed by atoms with Crippen LogP contribution in [0.4, 0.5) is 4.79 Å². The minimum Gasteiger partial charge on any atom is -0.391 e. The zero-order chi connectivity index (χ0) is 19.0. The zero-order valence-corrected chi connectivity index (χ0v) is 16.7. The van der Waals surface area contributed by atoms with Crippen molar-refractivity contribution in [3.05, 3.63) is 35.9 Å². The topological polar surface area (TPSA) is 52.6 Å². The quantitative estimate of drug-likeness (QED) is 0.744. The van der Waals surface area contributed by atoms with Crippen LogP contribution in [0.2, 0.25) is 0 Å². The van der Waals surface area contributed by atoms with E-state index in [9.17, 15) is 9.90 Å². The van der Waals surface area contributed by atoms with E-state index in [1.54, 1.807) is 4.90 Å². The third-order valence-corrected chi connectivity index (χ3v) is 4.21. The molecule has 0 saturated heterocycles. The summed E-state index contributed by atoms with van der Waals surface area (Å²) < 4.78 is 0. The predicted molar refractivity (Wildman–Crippen MR) is 105 cm³/mol. The smallest absolute Gasteiger partial charge is 0.317 e. The summed E-state index contributed by atoms with van der Waals surface area (Å²) in [6.45, 7) is 13.3. The molecule has 1 aromatic carbocycles. The van der Waals surface area contributed by atoms with Gasteiger partial charge in [-0.2, -0.15) is 0 Å². The predicted octanol–water partition coefficient (Wildman–Crippen LogP) is 4.08. The number of carbonyl (C=O) groups is 1. The number of hydrogen-bond acceptors (Lipinski definition) is 2. The number of rotatable bonds is 8. The van der Waals surface area contributed by atoms with Gasteiger partial charge in [-0.05, 0) is 51.0 Å². The van der Waals surface area contributed by atoms with E-state index in [0.717, 1.165) is 12.8 Å². The van der Waals surface area contributed by atoms with Gasteiger partial charge in [-0.1, -0.05) is 51.1 Å². The molecule has 2 amide bonds. The van der Waals surface area contributed by atoms with Crippen molar-refractivity contribution in [2.45, 2.75) is 66.0 Å². The van der Waals surface area contributed by atoms with Crippen molar-refractivity contribution >= 4 is 6.03 Å². The number of amides is 2. The van der Waals surface area contributed by atoms with Gasteiger partial charge in [-0.15, -0.1) is 0 Å². The van der Waals surface area contributed by atoms with Crippen LogP contribution in [0.5, 0.6) is 0 Å². The minimum atomic E-state index is -0.543. The normalized spacial score (nSPS) is 14.2. The molecule has 2 atom stereocenters. The Morgan fingerprint density at radius 2 is 1.76 bits per heavy atom. The first-order valence-electron chi connectivity index (χ1n) is 9.37. The van der Waals surface area contributed by atoms with Gasteiger partial charge >= 0.3 is 6.03 Å². The average Bonchev–Trinajstić information content (AvgIpc) is 2.50.